The summed E-state index contributed by atoms with van der Waals surface area (Å²) in [6.07, 6.45) is 6.63. The van der Waals surface area contributed by atoms with Crippen LogP contribution in [-0.4, -0.2) is 44.0 Å². The number of anilines is 1. The van der Waals surface area contributed by atoms with Gasteiger partial charge in [0, 0.05) is 37.9 Å². The molecule has 3 aromatic rings. The largest absolute Gasteiger partial charge is 0.367 e. The lowest BCUT2D eigenvalue weighted by molar-refractivity contribution is 0.0955. The summed E-state index contributed by atoms with van der Waals surface area (Å²) in [5.74, 6) is 1.13. The number of amides is 1. The number of hydrogen-bond acceptors (Lipinski definition) is 6. The number of nitrogens with one attached hydrogen (secondary N) is 2. The van der Waals surface area contributed by atoms with Crippen molar-refractivity contribution in [3.05, 3.63) is 60.7 Å². The minimum atomic E-state index is -0.153. The normalized spacial score (nSPS) is 10.3. The molecule has 0 spiro atoms. The highest BCUT2D eigenvalue weighted by Crippen LogP contribution is 2.04. The van der Waals surface area contributed by atoms with Crippen molar-refractivity contribution in [2.45, 2.75) is 0 Å². The Morgan fingerprint density at radius 1 is 1.09 bits per heavy atom. The van der Waals surface area contributed by atoms with E-state index in [0.29, 0.717) is 30.3 Å². The molecule has 3 aromatic heterocycles. The molecule has 0 atom stereocenters. The molecule has 23 heavy (non-hydrogen) atoms. The number of carbonyl (C=O) groups is 1. The van der Waals surface area contributed by atoms with Crippen molar-refractivity contribution in [3.8, 4) is 5.82 Å². The van der Waals surface area contributed by atoms with E-state index in [-0.39, 0.29) is 5.91 Å². The van der Waals surface area contributed by atoms with E-state index in [4.69, 9.17) is 0 Å². The van der Waals surface area contributed by atoms with Gasteiger partial charge in [0.1, 0.15) is 5.82 Å². The van der Waals surface area contributed by atoms with Crippen molar-refractivity contribution in [2.75, 3.05) is 18.4 Å². The summed E-state index contributed by atoms with van der Waals surface area (Å²) in [6.45, 7) is 1.01. The summed E-state index contributed by atoms with van der Waals surface area (Å²) in [5, 5.41) is 18.1. The van der Waals surface area contributed by atoms with E-state index in [0.717, 1.165) is 0 Å². The molecule has 3 heterocycles. The number of rotatable bonds is 6. The molecule has 8 heteroatoms. The minimum absolute atomic E-state index is 0.153. The molecule has 2 N–H and O–H groups in total. The molecule has 0 aromatic carbocycles. The van der Waals surface area contributed by atoms with Crippen LogP contribution in [0.4, 0.5) is 5.82 Å². The van der Waals surface area contributed by atoms with Crippen LogP contribution in [0.3, 0.4) is 0 Å². The first-order valence-corrected chi connectivity index (χ1v) is 7.09. The standard InChI is InChI=1S/C15H15N7O/c23-15(12-3-1-6-16-11-12)18-9-8-17-13-4-5-14(21-20-13)22-10-2-7-19-22/h1-7,10-11H,8-9H2,(H,17,20)(H,18,23). The predicted octanol–water partition coefficient (Wildman–Crippen LogP) is 0.899. The molecule has 0 bridgehead atoms. The van der Waals surface area contributed by atoms with Gasteiger partial charge in [-0.1, -0.05) is 0 Å². The quantitative estimate of drug-likeness (QED) is 0.657. The number of aromatic nitrogens is 5. The molecule has 0 unspecified atom stereocenters. The molecular weight excluding hydrogens is 294 g/mol. The highest BCUT2D eigenvalue weighted by molar-refractivity contribution is 5.93. The Morgan fingerprint density at radius 3 is 2.74 bits per heavy atom. The van der Waals surface area contributed by atoms with Gasteiger partial charge in [-0.05, 0) is 30.3 Å². The average Bonchev–Trinajstić information content (AvgIpc) is 3.14. The highest BCUT2D eigenvalue weighted by atomic mass is 16.1. The Labute approximate surface area is 132 Å². The van der Waals surface area contributed by atoms with E-state index >= 15 is 0 Å². The molecule has 0 radical (unpaired) electrons. The Balaban J connectivity index is 1.45. The van der Waals surface area contributed by atoms with Crippen molar-refractivity contribution in [1.82, 2.24) is 30.3 Å². The molecule has 1 amide bonds. The van der Waals surface area contributed by atoms with Gasteiger partial charge < -0.3 is 10.6 Å². The van der Waals surface area contributed by atoms with E-state index in [1.165, 1.54) is 6.20 Å². The van der Waals surface area contributed by atoms with E-state index in [1.807, 2.05) is 18.2 Å². The highest BCUT2D eigenvalue weighted by Gasteiger charge is 2.04. The van der Waals surface area contributed by atoms with Crippen molar-refractivity contribution in [2.24, 2.45) is 0 Å². The predicted molar refractivity (Wildman–Crippen MR) is 84.2 cm³/mol. The lowest BCUT2D eigenvalue weighted by Crippen LogP contribution is -2.29. The number of pyridine rings is 1. The maximum absolute atomic E-state index is 11.8. The van der Waals surface area contributed by atoms with Crippen LogP contribution < -0.4 is 10.6 Å². The lowest BCUT2D eigenvalue weighted by Gasteiger charge is -2.07. The Bertz CT molecular complexity index is 741. The van der Waals surface area contributed by atoms with Gasteiger partial charge in [0.15, 0.2) is 5.82 Å². The number of carbonyl (C=O) groups excluding carboxylic acids is 1. The van der Waals surface area contributed by atoms with E-state index in [1.54, 1.807) is 35.4 Å². The van der Waals surface area contributed by atoms with Gasteiger partial charge in [0.2, 0.25) is 0 Å². The zero-order chi connectivity index (χ0) is 15.9. The summed E-state index contributed by atoms with van der Waals surface area (Å²) >= 11 is 0. The van der Waals surface area contributed by atoms with Gasteiger partial charge in [-0.3, -0.25) is 9.78 Å². The van der Waals surface area contributed by atoms with Gasteiger partial charge >= 0.3 is 0 Å². The van der Waals surface area contributed by atoms with Crippen molar-refractivity contribution >= 4 is 11.7 Å². The third kappa shape index (κ3) is 3.88. The van der Waals surface area contributed by atoms with Crippen LogP contribution in [0.15, 0.2) is 55.1 Å². The van der Waals surface area contributed by atoms with Gasteiger partial charge in [0.25, 0.3) is 5.91 Å². The van der Waals surface area contributed by atoms with Gasteiger partial charge in [-0.25, -0.2) is 4.68 Å². The molecule has 0 fully saturated rings. The molecule has 0 saturated carbocycles. The lowest BCUT2D eigenvalue weighted by atomic mass is 10.3. The number of nitrogens with zero attached hydrogens (tertiary/aromatic N) is 5. The summed E-state index contributed by atoms with van der Waals surface area (Å²) in [7, 11) is 0. The van der Waals surface area contributed by atoms with Crippen LogP contribution in [0.5, 0.6) is 0 Å². The van der Waals surface area contributed by atoms with Crippen molar-refractivity contribution < 1.29 is 4.79 Å². The van der Waals surface area contributed by atoms with E-state index in [9.17, 15) is 4.79 Å². The maximum atomic E-state index is 11.8. The molecule has 8 nitrogen and oxygen atoms in total. The Morgan fingerprint density at radius 2 is 2.04 bits per heavy atom. The second-order valence-corrected chi connectivity index (χ2v) is 4.65. The summed E-state index contributed by atoms with van der Waals surface area (Å²) < 4.78 is 1.63. The summed E-state index contributed by atoms with van der Waals surface area (Å²) in [5.41, 5.74) is 0.538. The summed E-state index contributed by atoms with van der Waals surface area (Å²) in [4.78, 5) is 15.7. The first-order valence-electron chi connectivity index (χ1n) is 7.09. The SMILES string of the molecule is O=C(NCCNc1ccc(-n2cccn2)nn1)c1cccnc1. The second kappa shape index (κ2) is 7.12. The fourth-order valence-electron chi connectivity index (χ4n) is 1.91. The molecular formula is C15H15N7O. The zero-order valence-corrected chi connectivity index (χ0v) is 12.3. The van der Waals surface area contributed by atoms with Crippen LogP contribution in [0, 0.1) is 0 Å². The monoisotopic (exact) mass is 309 g/mol. The smallest absolute Gasteiger partial charge is 0.252 e. The van der Waals surface area contributed by atoms with E-state index < -0.39 is 0 Å². The van der Waals surface area contributed by atoms with Crippen molar-refractivity contribution in [1.29, 1.82) is 0 Å². The summed E-state index contributed by atoms with van der Waals surface area (Å²) in [6, 6.07) is 8.89. The molecule has 0 aliphatic heterocycles. The minimum Gasteiger partial charge on any atom is -0.367 e. The fourth-order valence-corrected chi connectivity index (χ4v) is 1.91. The topological polar surface area (TPSA) is 97.6 Å². The Hall–Kier alpha value is -3.29. The first kappa shape index (κ1) is 14.6. The molecule has 116 valence electrons. The van der Waals surface area contributed by atoms with Crippen molar-refractivity contribution in [3.63, 3.8) is 0 Å². The van der Waals surface area contributed by atoms with Crippen LogP contribution in [0.1, 0.15) is 10.4 Å². The molecule has 3 rings (SSSR count). The van der Waals surface area contributed by atoms with Crippen LogP contribution in [0.25, 0.3) is 5.82 Å². The first-order chi connectivity index (χ1) is 11.3. The average molecular weight is 309 g/mol. The maximum Gasteiger partial charge on any atom is 0.252 e. The molecule has 0 saturated heterocycles. The molecule has 0 aliphatic rings. The van der Waals surface area contributed by atoms with Gasteiger partial charge in [-0.15, -0.1) is 10.2 Å². The third-order valence-electron chi connectivity index (χ3n) is 3.03. The van der Waals surface area contributed by atoms with Crippen LogP contribution in [0.2, 0.25) is 0 Å². The van der Waals surface area contributed by atoms with Gasteiger partial charge in [-0.2, -0.15) is 5.10 Å². The van der Waals surface area contributed by atoms with Gasteiger partial charge in [0.05, 0.1) is 5.56 Å². The van der Waals surface area contributed by atoms with E-state index in [2.05, 4.69) is 30.9 Å². The molecule has 0 aliphatic carbocycles. The number of hydrogen-bond donors (Lipinski definition) is 2. The van der Waals surface area contributed by atoms with Crippen LogP contribution in [-0.2, 0) is 0 Å². The fraction of sp³-hybridized carbons (Fsp3) is 0.133. The second-order valence-electron chi connectivity index (χ2n) is 4.65. The Kier molecular flexibility index (Phi) is 4.53. The van der Waals surface area contributed by atoms with Crippen LogP contribution >= 0.6 is 0 Å². The zero-order valence-electron chi connectivity index (χ0n) is 12.3. The third-order valence-corrected chi connectivity index (χ3v) is 3.03.